The molecular weight excluding hydrogens is 334 g/mol. The van der Waals surface area contributed by atoms with Gasteiger partial charge in [-0.15, -0.1) is 0 Å². The van der Waals surface area contributed by atoms with Gasteiger partial charge in [-0.05, 0) is 24.7 Å². The number of benzene rings is 1. The molecule has 26 heavy (non-hydrogen) atoms. The van der Waals surface area contributed by atoms with Crippen LogP contribution in [0.4, 0.5) is 0 Å². The summed E-state index contributed by atoms with van der Waals surface area (Å²) in [6.07, 6.45) is 1.57. The summed E-state index contributed by atoms with van der Waals surface area (Å²) in [7, 11) is 1.95. The number of carbonyl (C=O) groups excluding carboxylic acids is 2. The molecule has 1 aliphatic heterocycles. The van der Waals surface area contributed by atoms with Crippen LogP contribution in [0.3, 0.4) is 0 Å². The van der Waals surface area contributed by atoms with E-state index in [1.807, 2.05) is 37.4 Å². The van der Waals surface area contributed by atoms with Crippen LogP contribution >= 0.6 is 0 Å². The van der Waals surface area contributed by atoms with Crippen LogP contribution in [0, 0.1) is 0 Å². The Morgan fingerprint density at radius 1 is 1.23 bits per heavy atom. The molecule has 1 aliphatic rings. The highest BCUT2D eigenvalue weighted by Crippen LogP contribution is 2.39. The van der Waals surface area contributed by atoms with Gasteiger partial charge in [0.05, 0.1) is 6.26 Å². The number of esters is 2. The Morgan fingerprint density at radius 2 is 2.00 bits per heavy atom. The Kier molecular flexibility index (Phi) is 5.42. The fourth-order valence-electron chi connectivity index (χ4n) is 3.26. The number of hydrogen-bond acceptors (Lipinski definition) is 6. The van der Waals surface area contributed by atoms with Crippen LogP contribution in [0.1, 0.15) is 35.9 Å². The maximum absolute atomic E-state index is 12.5. The third-order valence-electron chi connectivity index (χ3n) is 4.68. The second-order valence-corrected chi connectivity index (χ2v) is 6.47. The van der Waals surface area contributed by atoms with Gasteiger partial charge in [0, 0.05) is 25.9 Å². The van der Waals surface area contributed by atoms with Crippen molar-refractivity contribution in [3.05, 3.63) is 60.1 Å². The molecule has 0 bridgehead atoms. The van der Waals surface area contributed by atoms with Crippen molar-refractivity contribution >= 4 is 11.9 Å². The number of piperidine rings is 1. The number of likely N-dealkylation sites (N-methyl/N-ethyl adjacent to an activating group) is 1. The lowest BCUT2D eigenvalue weighted by Crippen LogP contribution is -2.56. The molecule has 0 aliphatic carbocycles. The van der Waals surface area contributed by atoms with E-state index in [0.29, 0.717) is 13.0 Å². The van der Waals surface area contributed by atoms with Crippen molar-refractivity contribution in [3.8, 4) is 0 Å². The largest absolute Gasteiger partial charge is 0.457 e. The minimum atomic E-state index is -1.01. The predicted molar refractivity (Wildman–Crippen MR) is 94.5 cm³/mol. The van der Waals surface area contributed by atoms with E-state index < -0.39 is 17.7 Å². The van der Waals surface area contributed by atoms with Crippen LogP contribution in [-0.2, 0) is 19.9 Å². The van der Waals surface area contributed by atoms with E-state index in [9.17, 15) is 9.59 Å². The summed E-state index contributed by atoms with van der Waals surface area (Å²) in [6, 6.07) is 12.7. The van der Waals surface area contributed by atoms with Crippen LogP contribution in [0.5, 0.6) is 0 Å². The van der Waals surface area contributed by atoms with Crippen molar-refractivity contribution in [2.24, 2.45) is 0 Å². The average molecular weight is 357 g/mol. The number of furan rings is 1. The van der Waals surface area contributed by atoms with E-state index in [0.717, 1.165) is 12.1 Å². The van der Waals surface area contributed by atoms with Crippen LogP contribution in [0.15, 0.2) is 53.1 Å². The number of hydrogen-bond donors (Lipinski definition) is 0. The van der Waals surface area contributed by atoms with E-state index >= 15 is 0 Å². The normalized spacial score (nSPS) is 23.4. The smallest absolute Gasteiger partial charge is 0.374 e. The summed E-state index contributed by atoms with van der Waals surface area (Å²) in [4.78, 5) is 26.7. The Bertz CT molecular complexity index is 743. The zero-order valence-corrected chi connectivity index (χ0v) is 15.0. The average Bonchev–Trinajstić information content (AvgIpc) is 3.19. The highest BCUT2D eigenvalue weighted by Gasteiger charge is 2.49. The molecule has 6 nitrogen and oxygen atoms in total. The summed E-state index contributed by atoms with van der Waals surface area (Å²) in [5.74, 6) is -0.761. The molecule has 1 aromatic carbocycles. The van der Waals surface area contributed by atoms with Gasteiger partial charge in [-0.25, -0.2) is 4.79 Å². The lowest BCUT2D eigenvalue weighted by Gasteiger charge is -2.45. The molecule has 1 fully saturated rings. The van der Waals surface area contributed by atoms with E-state index in [1.54, 1.807) is 19.1 Å². The molecule has 1 aromatic heterocycles. The summed E-state index contributed by atoms with van der Waals surface area (Å²) >= 11 is 0. The molecule has 2 atom stereocenters. The Labute approximate surface area is 152 Å². The van der Waals surface area contributed by atoms with Gasteiger partial charge >= 0.3 is 11.9 Å². The number of likely N-dealkylation sites (tertiary alicyclic amines) is 1. The molecule has 3 rings (SSSR count). The minimum Gasteiger partial charge on any atom is -0.457 e. The first kappa shape index (κ1) is 18.2. The Morgan fingerprint density at radius 3 is 2.65 bits per heavy atom. The SMILES string of the molecule is CCC(=O)OC1(c2ccccc2)CCN(C)CC1OC(=O)c1ccco1. The predicted octanol–water partition coefficient (Wildman–Crippen LogP) is 2.99. The molecule has 2 unspecified atom stereocenters. The van der Waals surface area contributed by atoms with Crippen molar-refractivity contribution in [1.29, 1.82) is 0 Å². The van der Waals surface area contributed by atoms with Crippen LogP contribution in [0.25, 0.3) is 0 Å². The van der Waals surface area contributed by atoms with Gasteiger partial charge in [-0.2, -0.15) is 0 Å². The molecule has 0 saturated carbocycles. The lowest BCUT2D eigenvalue weighted by atomic mass is 9.81. The first-order valence-electron chi connectivity index (χ1n) is 8.75. The monoisotopic (exact) mass is 357 g/mol. The lowest BCUT2D eigenvalue weighted by molar-refractivity contribution is -0.187. The van der Waals surface area contributed by atoms with Gasteiger partial charge in [-0.1, -0.05) is 37.3 Å². The number of rotatable bonds is 5. The molecular formula is C20H23NO5. The van der Waals surface area contributed by atoms with Crippen LogP contribution < -0.4 is 0 Å². The van der Waals surface area contributed by atoms with Gasteiger partial charge in [0.1, 0.15) is 0 Å². The maximum Gasteiger partial charge on any atom is 0.374 e. The molecule has 1 saturated heterocycles. The molecule has 0 N–H and O–H groups in total. The van der Waals surface area contributed by atoms with Gasteiger partial charge in [0.2, 0.25) is 5.76 Å². The van der Waals surface area contributed by atoms with Gasteiger partial charge in [0.25, 0.3) is 0 Å². The van der Waals surface area contributed by atoms with Crippen molar-refractivity contribution < 1.29 is 23.5 Å². The van der Waals surface area contributed by atoms with E-state index in [-0.39, 0.29) is 18.2 Å². The van der Waals surface area contributed by atoms with Crippen molar-refractivity contribution in [2.45, 2.75) is 31.5 Å². The topological polar surface area (TPSA) is 69.0 Å². The van der Waals surface area contributed by atoms with Crippen molar-refractivity contribution in [3.63, 3.8) is 0 Å². The van der Waals surface area contributed by atoms with Crippen molar-refractivity contribution in [2.75, 3.05) is 20.1 Å². The zero-order chi connectivity index (χ0) is 18.6. The van der Waals surface area contributed by atoms with Crippen LogP contribution in [0.2, 0.25) is 0 Å². The van der Waals surface area contributed by atoms with E-state index in [1.165, 1.54) is 6.26 Å². The summed E-state index contributed by atoms with van der Waals surface area (Å²) in [6.45, 7) is 2.93. The first-order valence-corrected chi connectivity index (χ1v) is 8.75. The second kappa shape index (κ2) is 7.74. The third-order valence-corrected chi connectivity index (χ3v) is 4.68. The minimum absolute atomic E-state index is 0.127. The standard InChI is InChI=1S/C20H23NO5/c1-3-18(22)26-20(15-8-5-4-6-9-15)11-12-21(2)14-17(20)25-19(23)16-10-7-13-24-16/h4-10,13,17H,3,11-12,14H2,1-2H3. The molecule has 2 aromatic rings. The van der Waals surface area contributed by atoms with Gasteiger partial charge in [0.15, 0.2) is 11.7 Å². The number of ether oxygens (including phenoxy) is 2. The van der Waals surface area contributed by atoms with E-state index in [4.69, 9.17) is 13.9 Å². The van der Waals surface area contributed by atoms with E-state index in [2.05, 4.69) is 4.90 Å². The molecule has 0 spiro atoms. The summed E-state index contributed by atoms with van der Waals surface area (Å²) in [5, 5.41) is 0. The van der Waals surface area contributed by atoms with Gasteiger partial charge < -0.3 is 18.8 Å². The highest BCUT2D eigenvalue weighted by atomic mass is 16.6. The fraction of sp³-hybridized carbons (Fsp3) is 0.400. The maximum atomic E-state index is 12.5. The highest BCUT2D eigenvalue weighted by molar-refractivity contribution is 5.86. The van der Waals surface area contributed by atoms with Crippen molar-refractivity contribution in [1.82, 2.24) is 4.90 Å². The molecule has 138 valence electrons. The quantitative estimate of drug-likeness (QED) is 0.766. The number of nitrogens with zero attached hydrogens (tertiary/aromatic N) is 1. The molecule has 6 heteroatoms. The second-order valence-electron chi connectivity index (χ2n) is 6.47. The molecule has 0 radical (unpaired) electrons. The zero-order valence-electron chi connectivity index (χ0n) is 15.0. The van der Waals surface area contributed by atoms with Gasteiger partial charge in [-0.3, -0.25) is 4.79 Å². The Balaban J connectivity index is 1.97. The van der Waals surface area contributed by atoms with Crippen LogP contribution in [-0.4, -0.2) is 43.1 Å². The fourth-order valence-corrected chi connectivity index (χ4v) is 3.26. The summed E-state index contributed by atoms with van der Waals surface area (Å²) in [5.41, 5.74) is -0.185. The third kappa shape index (κ3) is 3.65. The summed E-state index contributed by atoms with van der Waals surface area (Å²) < 4.78 is 16.8. The first-order chi connectivity index (χ1) is 12.5. The molecule has 0 amide bonds. The Hall–Kier alpha value is -2.60. The molecule has 2 heterocycles. The number of carbonyl (C=O) groups is 2.